The fraction of sp³-hybridized carbons (Fsp3) is 0.294. The van der Waals surface area contributed by atoms with Gasteiger partial charge in [0.1, 0.15) is 0 Å². The topological polar surface area (TPSA) is 0 Å². The third kappa shape index (κ3) is 3.51. The van der Waals surface area contributed by atoms with Crippen LogP contribution in [0.2, 0.25) is 0 Å². The monoisotopic (exact) mass is 334 g/mol. The Morgan fingerprint density at radius 3 is 1.74 bits per heavy atom. The van der Waals surface area contributed by atoms with Crippen molar-refractivity contribution in [1.29, 1.82) is 0 Å². The van der Waals surface area contributed by atoms with Gasteiger partial charge in [-0.15, -0.1) is 0 Å². The van der Waals surface area contributed by atoms with E-state index in [4.69, 9.17) is 0 Å². The van der Waals surface area contributed by atoms with Crippen LogP contribution in [0.1, 0.15) is 19.4 Å². The Balaban J connectivity index is 3.79. The molecule has 1 aromatic rings. The van der Waals surface area contributed by atoms with Gasteiger partial charge >= 0.3 is 12.4 Å². The number of hydrogen-bond donors (Lipinski definition) is 0. The van der Waals surface area contributed by atoms with Crippen molar-refractivity contribution in [3.05, 3.63) is 71.8 Å². The van der Waals surface area contributed by atoms with Crippen molar-refractivity contribution in [1.82, 2.24) is 0 Å². The van der Waals surface area contributed by atoms with Crippen LogP contribution in [0.3, 0.4) is 0 Å². The minimum Gasteiger partial charge on any atom is -0.169 e. The van der Waals surface area contributed by atoms with Crippen molar-refractivity contribution >= 4 is 0 Å². The Labute approximate surface area is 130 Å². The van der Waals surface area contributed by atoms with Gasteiger partial charge in [-0.2, -0.15) is 26.3 Å². The Morgan fingerprint density at radius 1 is 0.826 bits per heavy atom. The molecule has 0 amide bonds. The summed E-state index contributed by atoms with van der Waals surface area (Å²) in [7, 11) is 0. The van der Waals surface area contributed by atoms with Gasteiger partial charge in [-0.3, -0.25) is 0 Å². The first-order valence-corrected chi connectivity index (χ1v) is 6.78. The van der Waals surface area contributed by atoms with Gasteiger partial charge < -0.3 is 0 Å². The summed E-state index contributed by atoms with van der Waals surface area (Å²) in [5.74, 6) is 0. The van der Waals surface area contributed by atoms with E-state index in [0.717, 1.165) is 49.4 Å². The lowest BCUT2D eigenvalue weighted by Gasteiger charge is -2.39. The number of alkyl halides is 6. The second-order valence-corrected chi connectivity index (χ2v) is 4.74. The minimum absolute atomic E-state index is 0.841. The molecule has 1 aromatic carbocycles. The standard InChI is InChI=1S/C17H16F6/c1-3-5-7-10-13(4-2)15(16(18,19)20,17(21,22)23)14-11-8-6-9-12-14/h3-12H,1-2H3/b5-3-,10-7-,13-4+. The molecular formula is C17H16F6. The minimum atomic E-state index is -5.55. The predicted molar refractivity (Wildman–Crippen MR) is 77.9 cm³/mol. The summed E-state index contributed by atoms with van der Waals surface area (Å²) >= 11 is 0. The largest absolute Gasteiger partial charge is 0.411 e. The molecule has 0 aliphatic heterocycles. The van der Waals surface area contributed by atoms with Gasteiger partial charge in [-0.25, -0.2) is 0 Å². The van der Waals surface area contributed by atoms with Crippen molar-refractivity contribution in [3.8, 4) is 0 Å². The fourth-order valence-electron chi connectivity index (χ4n) is 2.38. The van der Waals surface area contributed by atoms with E-state index in [1.165, 1.54) is 18.2 Å². The maximum atomic E-state index is 13.7. The lowest BCUT2D eigenvalue weighted by molar-refractivity contribution is -0.289. The summed E-state index contributed by atoms with van der Waals surface area (Å²) in [6.45, 7) is 2.77. The highest BCUT2D eigenvalue weighted by molar-refractivity contribution is 5.46. The van der Waals surface area contributed by atoms with Crippen LogP contribution in [-0.2, 0) is 5.41 Å². The Hall–Kier alpha value is -1.98. The molecule has 1 rings (SSSR count). The van der Waals surface area contributed by atoms with Crippen LogP contribution in [0.25, 0.3) is 0 Å². The fourth-order valence-corrected chi connectivity index (χ4v) is 2.38. The third-order valence-corrected chi connectivity index (χ3v) is 3.38. The summed E-state index contributed by atoms with van der Waals surface area (Å²) in [5.41, 5.74) is -5.81. The molecular weight excluding hydrogens is 318 g/mol. The van der Waals surface area contributed by atoms with E-state index in [-0.39, 0.29) is 0 Å². The van der Waals surface area contributed by atoms with Crippen LogP contribution in [0, 0.1) is 0 Å². The molecule has 0 aliphatic rings. The zero-order chi connectivity index (χ0) is 17.7. The molecule has 0 N–H and O–H groups in total. The van der Waals surface area contributed by atoms with Crippen molar-refractivity contribution in [3.63, 3.8) is 0 Å². The molecule has 0 aromatic heterocycles. The van der Waals surface area contributed by atoms with Crippen LogP contribution in [0.4, 0.5) is 26.3 Å². The van der Waals surface area contributed by atoms with E-state index < -0.39 is 28.9 Å². The first kappa shape index (κ1) is 19.1. The molecule has 6 heteroatoms. The number of benzene rings is 1. The summed E-state index contributed by atoms with van der Waals surface area (Å²) in [6, 6.07) is 5.36. The highest BCUT2D eigenvalue weighted by atomic mass is 19.4. The van der Waals surface area contributed by atoms with Gasteiger partial charge in [0.05, 0.1) is 0 Å². The average Bonchev–Trinajstić information content (AvgIpc) is 2.44. The summed E-state index contributed by atoms with van der Waals surface area (Å²) in [5, 5.41) is 0. The maximum Gasteiger partial charge on any atom is 0.411 e. The molecule has 126 valence electrons. The van der Waals surface area contributed by atoms with E-state index in [9.17, 15) is 26.3 Å². The Morgan fingerprint density at radius 2 is 1.35 bits per heavy atom. The van der Waals surface area contributed by atoms with E-state index in [1.54, 1.807) is 6.92 Å². The molecule has 0 saturated carbocycles. The lowest BCUT2D eigenvalue weighted by Crippen LogP contribution is -2.55. The first-order valence-electron chi connectivity index (χ1n) is 6.78. The Bertz CT molecular complexity index is 574. The first-order chi connectivity index (χ1) is 10.6. The molecule has 0 bridgehead atoms. The van der Waals surface area contributed by atoms with Crippen LogP contribution < -0.4 is 0 Å². The lowest BCUT2D eigenvalue weighted by atomic mass is 9.72. The SMILES string of the molecule is C\C=C/C=C\C(=C/C)C(c1ccccc1)(C(F)(F)F)C(F)(F)F. The van der Waals surface area contributed by atoms with Gasteiger partial charge in [0.15, 0.2) is 0 Å². The molecule has 0 aliphatic carbocycles. The van der Waals surface area contributed by atoms with Crippen LogP contribution in [-0.4, -0.2) is 12.4 Å². The zero-order valence-electron chi connectivity index (χ0n) is 12.5. The molecule has 0 unspecified atom stereocenters. The molecule has 0 radical (unpaired) electrons. The molecule has 0 fully saturated rings. The van der Waals surface area contributed by atoms with Crippen molar-refractivity contribution in [2.24, 2.45) is 0 Å². The number of rotatable bonds is 4. The molecule has 0 atom stereocenters. The van der Waals surface area contributed by atoms with Crippen LogP contribution in [0.15, 0.2) is 66.3 Å². The summed E-state index contributed by atoms with van der Waals surface area (Å²) in [4.78, 5) is 0. The number of allylic oxidation sites excluding steroid dienone is 6. The van der Waals surface area contributed by atoms with Gasteiger partial charge in [0.25, 0.3) is 0 Å². The summed E-state index contributed by atoms with van der Waals surface area (Å²) in [6.07, 6.45) is -5.38. The van der Waals surface area contributed by atoms with E-state index in [2.05, 4.69) is 0 Å². The van der Waals surface area contributed by atoms with Gasteiger partial charge in [0, 0.05) is 0 Å². The van der Waals surface area contributed by atoms with Crippen molar-refractivity contribution < 1.29 is 26.3 Å². The van der Waals surface area contributed by atoms with E-state index in [0.29, 0.717) is 0 Å². The van der Waals surface area contributed by atoms with Crippen LogP contribution in [0.5, 0.6) is 0 Å². The molecule has 0 spiro atoms. The quantitative estimate of drug-likeness (QED) is 0.459. The second kappa shape index (κ2) is 7.06. The van der Waals surface area contributed by atoms with E-state index in [1.807, 2.05) is 0 Å². The van der Waals surface area contributed by atoms with Crippen molar-refractivity contribution in [2.75, 3.05) is 0 Å². The predicted octanol–water partition coefficient (Wildman–Crippen LogP) is 6.13. The normalized spacial score (nSPS) is 14.9. The maximum absolute atomic E-state index is 13.7. The highest BCUT2D eigenvalue weighted by Crippen LogP contribution is 2.56. The smallest absolute Gasteiger partial charge is 0.169 e. The van der Waals surface area contributed by atoms with Gasteiger partial charge in [-0.1, -0.05) is 60.7 Å². The molecule has 0 saturated heterocycles. The molecule has 0 heterocycles. The van der Waals surface area contributed by atoms with Gasteiger partial charge in [0.2, 0.25) is 5.41 Å². The number of hydrogen-bond acceptors (Lipinski definition) is 0. The van der Waals surface area contributed by atoms with Gasteiger partial charge in [-0.05, 0) is 25.0 Å². The Kier molecular flexibility index (Phi) is 5.86. The highest BCUT2D eigenvalue weighted by Gasteiger charge is 2.72. The molecule has 0 nitrogen and oxygen atoms in total. The average molecular weight is 334 g/mol. The second-order valence-electron chi connectivity index (χ2n) is 4.74. The van der Waals surface area contributed by atoms with E-state index >= 15 is 0 Å². The zero-order valence-corrected chi connectivity index (χ0v) is 12.5. The van der Waals surface area contributed by atoms with Crippen molar-refractivity contribution in [2.45, 2.75) is 31.6 Å². The third-order valence-electron chi connectivity index (χ3n) is 3.38. The summed E-state index contributed by atoms with van der Waals surface area (Å²) < 4.78 is 82.1. The van der Waals surface area contributed by atoms with Crippen LogP contribution >= 0.6 is 0 Å². The molecule has 23 heavy (non-hydrogen) atoms. The number of halogens is 6.